The normalized spacial score (nSPS) is 19.0. The number of imidazole rings is 1. The first-order valence-electron chi connectivity index (χ1n) is 13.1. The summed E-state index contributed by atoms with van der Waals surface area (Å²) in [7, 11) is 0. The van der Waals surface area contributed by atoms with E-state index in [1.165, 1.54) is 37.5 Å². The van der Waals surface area contributed by atoms with Gasteiger partial charge in [-0.2, -0.15) is 8.78 Å². The van der Waals surface area contributed by atoms with E-state index >= 15 is 0 Å². The van der Waals surface area contributed by atoms with Gasteiger partial charge in [-0.05, 0) is 30.3 Å². The number of nitrogens with one attached hydrogen (secondary N) is 1. The van der Waals surface area contributed by atoms with E-state index < -0.39 is 31.6 Å². The van der Waals surface area contributed by atoms with Gasteiger partial charge in [0.2, 0.25) is 11.9 Å². The Balaban J connectivity index is 1.47. The summed E-state index contributed by atoms with van der Waals surface area (Å²) < 4.78 is 57.6. The monoisotopic (exact) mass is 517 g/mol. The van der Waals surface area contributed by atoms with E-state index in [9.17, 15) is 18.4 Å². The fraction of sp³-hybridized carbons (Fsp3) is 0.222. The van der Waals surface area contributed by atoms with Crippen LogP contribution in [0.15, 0.2) is 48.8 Å². The molecule has 38 heavy (non-hydrogen) atoms. The second-order valence-corrected chi connectivity index (χ2v) is 8.81. The molecule has 2 aliphatic heterocycles. The number of carbonyl (C=O) groups is 2. The summed E-state index contributed by atoms with van der Waals surface area (Å²) in [4.78, 5) is 38.2. The van der Waals surface area contributed by atoms with E-state index in [1.807, 2.05) is 0 Å². The Hall–Kier alpha value is -4.85. The lowest BCUT2D eigenvalue weighted by atomic mass is 9.97. The first-order valence-corrected chi connectivity index (χ1v) is 11.6. The standard InChI is InChI=1S/C27H20F2N6O3/c1-14(36)32-27-30-12-16(13-31-27)7-6-15-8-9-18-19(10-15)35-20-11-21(24(35)33-18)34(2)25(37)17-4-3-5-22(23(17)20)38-26(28)29/h3-5,8-10,12-13,20-21,26H,11H2,1-2H3,(H,30,31,32,36)/t20-,21-/m1/s1/i2D3. The highest BCUT2D eigenvalue weighted by Gasteiger charge is 2.45. The number of benzene rings is 2. The number of nitrogens with zero attached hydrogens (tertiary/aromatic N) is 5. The van der Waals surface area contributed by atoms with Crippen molar-refractivity contribution in [1.82, 2.24) is 24.4 Å². The fourth-order valence-electron chi connectivity index (χ4n) is 4.95. The number of aromatic nitrogens is 4. The van der Waals surface area contributed by atoms with Crippen LogP contribution in [0.4, 0.5) is 14.7 Å². The third-order valence-corrected chi connectivity index (χ3v) is 6.44. The van der Waals surface area contributed by atoms with Crippen molar-refractivity contribution >= 4 is 28.8 Å². The van der Waals surface area contributed by atoms with Crippen molar-refractivity contribution in [2.24, 2.45) is 0 Å². The zero-order chi connectivity index (χ0) is 29.1. The summed E-state index contributed by atoms with van der Waals surface area (Å²) in [6, 6.07) is 7.75. The molecule has 190 valence electrons. The zero-order valence-corrected chi connectivity index (χ0v) is 19.8. The molecular formula is C27H20F2N6O3. The highest BCUT2D eigenvalue weighted by atomic mass is 19.3. The topological polar surface area (TPSA) is 102 Å². The number of fused-ring (bicyclic) bond motifs is 9. The van der Waals surface area contributed by atoms with Crippen LogP contribution < -0.4 is 10.1 Å². The van der Waals surface area contributed by atoms with Gasteiger partial charge in [0.15, 0.2) is 0 Å². The van der Waals surface area contributed by atoms with Gasteiger partial charge in [-0.1, -0.05) is 17.9 Å². The molecule has 9 nitrogen and oxygen atoms in total. The average Bonchev–Trinajstić information content (AvgIpc) is 3.40. The predicted molar refractivity (Wildman–Crippen MR) is 133 cm³/mol. The summed E-state index contributed by atoms with van der Waals surface area (Å²) in [6.45, 7) is -4.61. The van der Waals surface area contributed by atoms with Gasteiger partial charge in [0, 0.05) is 53.5 Å². The van der Waals surface area contributed by atoms with Crippen molar-refractivity contribution in [2.75, 3.05) is 12.3 Å². The number of ether oxygens (including phenoxy) is 1. The Kier molecular flexibility index (Phi) is 4.75. The van der Waals surface area contributed by atoms with E-state index in [0.29, 0.717) is 28.0 Å². The maximum absolute atomic E-state index is 13.5. The van der Waals surface area contributed by atoms with Gasteiger partial charge in [0.1, 0.15) is 11.6 Å². The number of carbonyl (C=O) groups excluding carboxylic acids is 2. The molecular weight excluding hydrogens is 494 g/mol. The Bertz CT molecular complexity index is 1780. The lowest BCUT2D eigenvalue weighted by molar-refractivity contribution is -0.114. The molecule has 2 aromatic heterocycles. The molecule has 0 fully saturated rings. The van der Waals surface area contributed by atoms with Crippen molar-refractivity contribution in [2.45, 2.75) is 32.0 Å². The molecule has 0 unspecified atom stereocenters. The molecule has 2 amide bonds. The van der Waals surface area contributed by atoms with Crippen molar-refractivity contribution in [1.29, 1.82) is 0 Å². The maximum Gasteiger partial charge on any atom is 0.387 e. The molecule has 4 heterocycles. The van der Waals surface area contributed by atoms with Gasteiger partial charge >= 0.3 is 6.61 Å². The predicted octanol–water partition coefficient (Wildman–Crippen LogP) is 3.91. The Morgan fingerprint density at radius 1 is 1.18 bits per heavy atom. The van der Waals surface area contributed by atoms with Crippen LogP contribution in [0.2, 0.25) is 0 Å². The van der Waals surface area contributed by atoms with Crippen molar-refractivity contribution in [3.8, 4) is 17.6 Å². The van der Waals surface area contributed by atoms with Gasteiger partial charge in [0.05, 0.1) is 28.7 Å². The third kappa shape index (κ3) is 3.91. The molecule has 0 aliphatic carbocycles. The molecule has 2 aliphatic rings. The van der Waals surface area contributed by atoms with Gasteiger partial charge in [-0.3, -0.25) is 14.9 Å². The summed E-state index contributed by atoms with van der Waals surface area (Å²) in [5.41, 5.74) is 2.37. The Morgan fingerprint density at radius 3 is 2.71 bits per heavy atom. The van der Waals surface area contributed by atoms with Crippen LogP contribution in [0.5, 0.6) is 5.75 Å². The minimum Gasteiger partial charge on any atom is -0.434 e. The number of alkyl halides is 2. The van der Waals surface area contributed by atoms with E-state index in [2.05, 4.69) is 32.1 Å². The molecule has 11 heteroatoms. The highest BCUT2D eigenvalue weighted by Crippen LogP contribution is 2.49. The number of hydrogen-bond acceptors (Lipinski definition) is 6. The lowest BCUT2D eigenvalue weighted by Gasteiger charge is -2.24. The van der Waals surface area contributed by atoms with E-state index in [1.54, 1.807) is 22.8 Å². The second kappa shape index (κ2) is 8.92. The van der Waals surface area contributed by atoms with Crippen LogP contribution in [-0.4, -0.2) is 49.8 Å². The summed E-state index contributed by atoms with van der Waals surface area (Å²) >= 11 is 0. The van der Waals surface area contributed by atoms with Crippen LogP contribution in [0, 0.1) is 11.8 Å². The molecule has 0 saturated carbocycles. The maximum atomic E-state index is 13.5. The van der Waals surface area contributed by atoms with Crippen LogP contribution in [0.25, 0.3) is 11.0 Å². The van der Waals surface area contributed by atoms with Crippen molar-refractivity contribution in [3.63, 3.8) is 0 Å². The smallest absolute Gasteiger partial charge is 0.387 e. The minimum atomic E-state index is -3.15. The Labute approximate surface area is 219 Å². The summed E-state index contributed by atoms with van der Waals surface area (Å²) in [5, 5.41) is 2.48. The number of hydrogen-bond donors (Lipinski definition) is 1. The number of halogens is 2. The number of rotatable bonds is 3. The van der Waals surface area contributed by atoms with E-state index in [4.69, 9.17) is 8.85 Å². The van der Waals surface area contributed by atoms with E-state index in [0.717, 1.165) is 4.90 Å². The first kappa shape index (κ1) is 20.2. The number of amides is 2. The average molecular weight is 518 g/mol. The SMILES string of the molecule is [2H]C([2H])([2H])N1C(=O)c2cccc(OC(F)F)c2[C@H]2C[C@@H]1c1nc3ccc(C#Cc4cnc(NC(C)=O)nc4)cc3n12. The van der Waals surface area contributed by atoms with E-state index in [-0.39, 0.29) is 35.2 Å². The number of anilines is 1. The van der Waals surface area contributed by atoms with Gasteiger partial charge in [0.25, 0.3) is 5.91 Å². The van der Waals surface area contributed by atoms with Crippen molar-refractivity contribution < 1.29 is 27.2 Å². The molecule has 2 atom stereocenters. The van der Waals surface area contributed by atoms with Gasteiger partial charge < -0.3 is 14.2 Å². The van der Waals surface area contributed by atoms with Crippen LogP contribution in [0.3, 0.4) is 0 Å². The molecule has 0 saturated heterocycles. The molecule has 2 aromatic carbocycles. The highest BCUT2D eigenvalue weighted by molar-refractivity contribution is 5.98. The van der Waals surface area contributed by atoms with Gasteiger partial charge in [-0.15, -0.1) is 0 Å². The van der Waals surface area contributed by atoms with Crippen LogP contribution >= 0.6 is 0 Å². The Morgan fingerprint density at radius 2 is 1.97 bits per heavy atom. The third-order valence-electron chi connectivity index (χ3n) is 6.44. The molecule has 1 N–H and O–H groups in total. The largest absolute Gasteiger partial charge is 0.434 e. The van der Waals surface area contributed by atoms with Crippen LogP contribution in [-0.2, 0) is 4.79 Å². The van der Waals surface area contributed by atoms with Crippen LogP contribution in [0.1, 0.15) is 62.4 Å². The summed E-state index contributed by atoms with van der Waals surface area (Å²) in [5.74, 6) is 5.17. The lowest BCUT2D eigenvalue weighted by Crippen LogP contribution is -2.30. The fourth-order valence-corrected chi connectivity index (χ4v) is 4.95. The van der Waals surface area contributed by atoms with Crippen molar-refractivity contribution in [3.05, 3.63) is 76.9 Å². The second-order valence-electron chi connectivity index (χ2n) is 8.81. The molecule has 0 radical (unpaired) electrons. The van der Waals surface area contributed by atoms with Gasteiger partial charge in [-0.25, -0.2) is 15.0 Å². The molecule has 6 rings (SSSR count). The molecule has 2 bridgehead atoms. The molecule has 4 aromatic rings. The quantitative estimate of drug-likeness (QED) is 0.414. The summed E-state index contributed by atoms with van der Waals surface area (Å²) in [6.07, 6.45) is 3.05. The minimum absolute atomic E-state index is 0.0158. The zero-order valence-electron chi connectivity index (χ0n) is 22.8. The first-order chi connectivity index (χ1) is 19.5. The molecule has 0 spiro atoms.